The molecule has 4 aromatic rings. The quantitative estimate of drug-likeness (QED) is 0.179. The predicted octanol–water partition coefficient (Wildman–Crippen LogP) is 7.77. The lowest BCUT2D eigenvalue weighted by Gasteiger charge is -2.35. The first kappa shape index (κ1) is 32.0. The Morgan fingerprint density at radius 1 is 0.867 bits per heavy atom. The van der Waals surface area contributed by atoms with Crippen LogP contribution in [0.15, 0.2) is 91.0 Å². The molecule has 0 aromatic heterocycles. The molecule has 2 amide bonds. The van der Waals surface area contributed by atoms with Crippen molar-refractivity contribution in [3.05, 3.63) is 129 Å². The van der Waals surface area contributed by atoms with Gasteiger partial charge in [0.15, 0.2) is 0 Å². The van der Waals surface area contributed by atoms with Crippen molar-refractivity contribution >= 4 is 29.4 Å². The first-order valence-electron chi connectivity index (χ1n) is 15.6. The van der Waals surface area contributed by atoms with Crippen LogP contribution in [0.5, 0.6) is 0 Å². The minimum atomic E-state index is -0.963. The Bertz CT molecular complexity index is 1650. The lowest BCUT2D eigenvalue weighted by Crippen LogP contribution is -2.40. The lowest BCUT2D eigenvalue weighted by atomic mass is 9.77. The molecule has 1 aliphatic heterocycles. The van der Waals surface area contributed by atoms with Crippen LogP contribution in [0, 0.1) is 6.92 Å². The van der Waals surface area contributed by atoms with Gasteiger partial charge in [0.05, 0.1) is 12.3 Å². The highest BCUT2D eigenvalue weighted by Crippen LogP contribution is 2.40. The molecule has 2 N–H and O–H groups in total. The Kier molecular flexibility index (Phi) is 10.4. The number of carboxylic acid groups (broad SMARTS) is 1. The molecule has 0 saturated heterocycles. The molecule has 6 nitrogen and oxygen atoms in total. The molecule has 45 heavy (non-hydrogen) atoms. The summed E-state index contributed by atoms with van der Waals surface area (Å²) < 4.78 is 0. The zero-order chi connectivity index (χ0) is 31.9. The summed E-state index contributed by atoms with van der Waals surface area (Å²) >= 11 is 6.27. The van der Waals surface area contributed by atoms with Crippen molar-refractivity contribution in [2.24, 2.45) is 0 Å². The number of aliphatic carboxylic acids is 1. The molecular weight excluding hydrogens is 584 g/mol. The molecule has 5 rings (SSSR count). The Morgan fingerprint density at radius 3 is 2.20 bits per heavy atom. The number of benzene rings is 4. The van der Waals surface area contributed by atoms with E-state index in [1.807, 2.05) is 41.3 Å². The van der Waals surface area contributed by atoms with Gasteiger partial charge in [0.1, 0.15) is 0 Å². The second-order valence-electron chi connectivity index (χ2n) is 11.8. The van der Waals surface area contributed by atoms with Crippen LogP contribution in [0.4, 0.5) is 0 Å². The highest BCUT2D eigenvalue weighted by Gasteiger charge is 2.35. The summed E-state index contributed by atoms with van der Waals surface area (Å²) in [4.78, 5) is 40.0. The average molecular weight is 623 g/mol. The molecule has 2 atom stereocenters. The molecular formula is C38H39ClN2O4. The Labute approximate surface area is 270 Å². The van der Waals surface area contributed by atoms with Gasteiger partial charge in [-0.15, -0.1) is 0 Å². The van der Waals surface area contributed by atoms with Gasteiger partial charge >= 0.3 is 5.97 Å². The fraction of sp³-hybridized carbons (Fsp3) is 0.289. The van der Waals surface area contributed by atoms with Crippen LogP contribution in [0.3, 0.4) is 0 Å². The maximum atomic E-state index is 14.6. The van der Waals surface area contributed by atoms with E-state index >= 15 is 0 Å². The number of amides is 2. The number of fused-ring (bicyclic) bond motifs is 1. The summed E-state index contributed by atoms with van der Waals surface area (Å²) in [5.41, 5.74) is 8.32. The minimum Gasteiger partial charge on any atom is -0.481 e. The lowest BCUT2D eigenvalue weighted by molar-refractivity contribution is -0.137. The minimum absolute atomic E-state index is 0.0625. The van der Waals surface area contributed by atoms with Crippen LogP contribution in [0.25, 0.3) is 11.1 Å². The summed E-state index contributed by atoms with van der Waals surface area (Å²) in [6.07, 6.45) is 2.32. The van der Waals surface area contributed by atoms with Crippen molar-refractivity contribution in [1.29, 1.82) is 0 Å². The number of carbonyl (C=O) groups is 3. The smallest absolute Gasteiger partial charge is 0.305 e. The van der Waals surface area contributed by atoms with Gasteiger partial charge in [-0.05, 0) is 89.4 Å². The molecule has 4 aromatic carbocycles. The molecule has 232 valence electrons. The van der Waals surface area contributed by atoms with Crippen molar-refractivity contribution < 1.29 is 19.5 Å². The van der Waals surface area contributed by atoms with E-state index in [1.54, 1.807) is 12.1 Å². The van der Waals surface area contributed by atoms with E-state index in [0.29, 0.717) is 23.7 Å². The third-order valence-electron chi connectivity index (χ3n) is 8.64. The summed E-state index contributed by atoms with van der Waals surface area (Å²) in [5.74, 6) is -1.75. The number of halogens is 1. The largest absolute Gasteiger partial charge is 0.481 e. The molecule has 1 heterocycles. The third-order valence-corrected chi connectivity index (χ3v) is 8.89. The monoisotopic (exact) mass is 622 g/mol. The van der Waals surface area contributed by atoms with Crippen molar-refractivity contribution in [3.8, 4) is 11.1 Å². The Balaban J connectivity index is 1.43. The Hall–Kier alpha value is -4.42. The zero-order valence-electron chi connectivity index (χ0n) is 25.8. The number of carboxylic acids is 1. The second-order valence-corrected chi connectivity index (χ2v) is 12.2. The second kappa shape index (κ2) is 14.6. The van der Waals surface area contributed by atoms with Crippen LogP contribution in [0.1, 0.15) is 76.2 Å². The summed E-state index contributed by atoms with van der Waals surface area (Å²) in [5, 5.41) is 12.1. The highest BCUT2D eigenvalue weighted by molar-refractivity contribution is 6.30. The number of nitrogens with one attached hydrogen (secondary N) is 1. The zero-order valence-corrected chi connectivity index (χ0v) is 26.5. The van der Waals surface area contributed by atoms with Crippen molar-refractivity contribution in [2.75, 3.05) is 13.1 Å². The van der Waals surface area contributed by atoms with E-state index < -0.39 is 11.9 Å². The van der Waals surface area contributed by atoms with Gasteiger partial charge < -0.3 is 15.3 Å². The van der Waals surface area contributed by atoms with Gasteiger partial charge in [-0.1, -0.05) is 91.2 Å². The molecule has 2 unspecified atom stereocenters. The van der Waals surface area contributed by atoms with Crippen LogP contribution in [-0.2, 0) is 22.6 Å². The first-order valence-corrected chi connectivity index (χ1v) is 15.9. The fourth-order valence-electron chi connectivity index (χ4n) is 6.19. The van der Waals surface area contributed by atoms with Gasteiger partial charge in [-0.25, -0.2) is 0 Å². The highest BCUT2D eigenvalue weighted by atomic mass is 35.5. The van der Waals surface area contributed by atoms with E-state index in [0.717, 1.165) is 41.5 Å². The van der Waals surface area contributed by atoms with Crippen LogP contribution < -0.4 is 5.32 Å². The van der Waals surface area contributed by atoms with Crippen molar-refractivity contribution in [2.45, 2.75) is 57.9 Å². The van der Waals surface area contributed by atoms with Crippen molar-refractivity contribution in [3.63, 3.8) is 0 Å². The van der Waals surface area contributed by atoms with Crippen molar-refractivity contribution in [1.82, 2.24) is 10.2 Å². The van der Waals surface area contributed by atoms with Gasteiger partial charge in [-0.3, -0.25) is 14.4 Å². The molecule has 1 aliphatic rings. The van der Waals surface area contributed by atoms with E-state index in [9.17, 15) is 14.4 Å². The molecule has 7 heteroatoms. The first-order chi connectivity index (χ1) is 21.7. The maximum absolute atomic E-state index is 14.6. The SMILES string of the molecule is CCCC(c1ccc(C(=O)NCCC(=O)O)cc1)C(C(=O)N1CCc2ccc(-c3ccc(C)cc3)cc2C1)c1ccc(Cl)cc1. The fourth-order valence-corrected chi connectivity index (χ4v) is 6.31. The molecule has 0 bridgehead atoms. The topological polar surface area (TPSA) is 86.7 Å². The number of hydrogen-bond donors (Lipinski definition) is 2. The molecule has 0 aliphatic carbocycles. The van der Waals surface area contributed by atoms with E-state index in [4.69, 9.17) is 16.7 Å². The van der Waals surface area contributed by atoms with Crippen LogP contribution >= 0.6 is 11.6 Å². The maximum Gasteiger partial charge on any atom is 0.305 e. The molecule has 0 radical (unpaired) electrons. The van der Waals surface area contributed by atoms with Gasteiger partial charge in [0.2, 0.25) is 5.91 Å². The standard InChI is InChI=1S/C38H39ClN2O4/c1-3-4-34(28-10-12-30(13-11-28)37(44)40-21-19-35(42)43)36(29-15-17-33(39)18-16-29)38(45)41-22-20-27-9-14-31(23-32(27)24-41)26-7-5-25(2)6-8-26/h5-18,23,34,36H,3-4,19-22,24H2,1-2H3,(H,40,44)(H,42,43). The normalized spacial score (nSPS) is 13.9. The van der Waals surface area contributed by atoms with Crippen LogP contribution in [-0.4, -0.2) is 40.9 Å². The van der Waals surface area contributed by atoms with E-state index in [1.165, 1.54) is 16.7 Å². The van der Waals surface area contributed by atoms with E-state index in [-0.39, 0.29) is 30.7 Å². The molecule has 0 spiro atoms. The number of nitrogens with zero attached hydrogens (tertiary/aromatic N) is 1. The summed E-state index contributed by atoms with van der Waals surface area (Å²) in [6.45, 7) is 5.46. The van der Waals surface area contributed by atoms with E-state index in [2.05, 4.69) is 61.6 Å². The number of rotatable bonds is 11. The van der Waals surface area contributed by atoms with Gasteiger partial charge in [-0.2, -0.15) is 0 Å². The summed E-state index contributed by atoms with van der Waals surface area (Å²) in [7, 11) is 0. The van der Waals surface area contributed by atoms with Gasteiger partial charge in [0, 0.05) is 30.2 Å². The average Bonchev–Trinajstić information content (AvgIpc) is 3.05. The van der Waals surface area contributed by atoms with Gasteiger partial charge in [0.25, 0.3) is 5.91 Å². The van der Waals surface area contributed by atoms with Crippen LogP contribution in [0.2, 0.25) is 5.02 Å². The number of aryl methyl sites for hydroxylation is 1. The molecule has 0 fully saturated rings. The predicted molar refractivity (Wildman–Crippen MR) is 179 cm³/mol. The number of carbonyl (C=O) groups excluding carboxylic acids is 2. The third kappa shape index (κ3) is 7.81. The Morgan fingerprint density at radius 2 is 1.53 bits per heavy atom. The number of hydrogen-bond acceptors (Lipinski definition) is 3. The molecule has 0 saturated carbocycles. The summed E-state index contributed by atoms with van der Waals surface area (Å²) in [6, 6.07) is 30.0.